The number of nitrogens with two attached hydrogens (primary N) is 2. The summed E-state index contributed by atoms with van der Waals surface area (Å²) < 4.78 is 22.4. The second-order valence-electron chi connectivity index (χ2n) is 9.31. The third kappa shape index (κ3) is 6.36. The molecule has 0 bridgehead atoms. The Labute approximate surface area is 211 Å². The Kier molecular flexibility index (Phi) is 10.5. The van der Waals surface area contributed by atoms with Gasteiger partial charge in [0.05, 0.1) is 18.7 Å². The van der Waals surface area contributed by atoms with E-state index in [4.69, 9.17) is 30.4 Å². The van der Waals surface area contributed by atoms with Gasteiger partial charge in [-0.25, -0.2) is 0 Å². The van der Waals surface area contributed by atoms with Gasteiger partial charge in [-0.3, -0.25) is 9.59 Å². The van der Waals surface area contributed by atoms with Crippen LogP contribution in [0.5, 0.6) is 0 Å². The van der Waals surface area contributed by atoms with Gasteiger partial charge in [0.1, 0.15) is 61.0 Å². The van der Waals surface area contributed by atoms with E-state index >= 15 is 0 Å². The average Bonchev–Trinajstić information content (AvgIpc) is 2.88. The number of nitrogens with one attached hydrogen (secondary N) is 2. The first-order chi connectivity index (χ1) is 17.5. The van der Waals surface area contributed by atoms with Gasteiger partial charge in [0, 0.05) is 12.6 Å². The van der Waals surface area contributed by atoms with Gasteiger partial charge >= 0.3 is 0 Å². The van der Waals surface area contributed by atoms with Crippen LogP contribution in [-0.4, -0.2) is 153 Å². The number of aliphatic hydroxyl groups is 7. The third-order valence-corrected chi connectivity index (χ3v) is 6.89. The number of carbonyl (C=O) groups excluding carboxylic acids is 2. The number of hydrogen-bond donors (Lipinski definition) is 11. The van der Waals surface area contributed by atoms with Crippen molar-refractivity contribution in [3.63, 3.8) is 0 Å². The van der Waals surface area contributed by atoms with Crippen molar-refractivity contribution in [3.05, 3.63) is 0 Å². The van der Waals surface area contributed by atoms with E-state index in [-0.39, 0.29) is 13.0 Å². The third-order valence-electron chi connectivity index (χ3n) is 6.89. The van der Waals surface area contributed by atoms with Gasteiger partial charge in [0.25, 0.3) is 0 Å². The summed E-state index contributed by atoms with van der Waals surface area (Å²) in [7, 11) is 0. The van der Waals surface area contributed by atoms with Crippen LogP contribution in [0, 0.1) is 0 Å². The number of ether oxygens (including phenoxy) is 4. The monoisotopic (exact) mass is 540 g/mol. The van der Waals surface area contributed by atoms with Gasteiger partial charge in [0.2, 0.25) is 12.8 Å². The van der Waals surface area contributed by atoms with Crippen molar-refractivity contribution < 1.29 is 64.3 Å². The minimum absolute atomic E-state index is 0.0316. The number of aliphatic hydroxyl groups excluding tert-OH is 7. The fourth-order valence-corrected chi connectivity index (χ4v) is 4.75. The zero-order valence-corrected chi connectivity index (χ0v) is 19.7. The summed E-state index contributed by atoms with van der Waals surface area (Å²) in [5.41, 5.74) is 12.0. The minimum atomic E-state index is -1.78. The fourth-order valence-electron chi connectivity index (χ4n) is 4.75. The summed E-state index contributed by atoms with van der Waals surface area (Å²) in [6.45, 7) is -0.869. The lowest BCUT2D eigenvalue weighted by atomic mass is 9.83. The smallest absolute Gasteiger partial charge is 0.207 e. The van der Waals surface area contributed by atoms with Gasteiger partial charge in [-0.1, -0.05) is 0 Å². The van der Waals surface area contributed by atoms with E-state index < -0.39 is 98.4 Å². The number of rotatable bonds is 10. The first-order valence-electron chi connectivity index (χ1n) is 11.7. The highest BCUT2D eigenvalue weighted by atomic mass is 16.7. The van der Waals surface area contributed by atoms with Crippen molar-refractivity contribution in [1.82, 2.24) is 10.6 Å². The Morgan fingerprint density at radius 1 is 0.784 bits per heavy atom. The Morgan fingerprint density at radius 2 is 1.41 bits per heavy atom. The molecule has 13 N–H and O–H groups in total. The van der Waals surface area contributed by atoms with Crippen molar-refractivity contribution in [2.75, 3.05) is 13.2 Å². The van der Waals surface area contributed by atoms with Crippen molar-refractivity contribution in [3.8, 4) is 0 Å². The average molecular weight is 541 g/mol. The predicted octanol–water partition coefficient (Wildman–Crippen LogP) is -7.72. The Hall–Kier alpha value is -1.58. The Bertz CT molecular complexity index is 753. The Morgan fingerprint density at radius 3 is 2.03 bits per heavy atom. The number of hydrogen-bond acceptors (Lipinski definition) is 15. The molecule has 0 aromatic carbocycles. The van der Waals surface area contributed by atoms with Crippen molar-refractivity contribution >= 4 is 12.8 Å². The topological polar surface area (TPSA) is 289 Å². The lowest BCUT2D eigenvalue weighted by Gasteiger charge is -2.48. The van der Waals surface area contributed by atoms with Crippen LogP contribution in [0.1, 0.15) is 6.42 Å². The van der Waals surface area contributed by atoms with Crippen LogP contribution in [0.25, 0.3) is 0 Å². The summed E-state index contributed by atoms with van der Waals surface area (Å²) in [6, 6.07) is -3.13. The van der Waals surface area contributed by atoms with E-state index in [9.17, 15) is 45.3 Å². The zero-order valence-electron chi connectivity index (χ0n) is 19.7. The van der Waals surface area contributed by atoms with E-state index in [1.54, 1.807) is 0 Å². The quantitative estimate of drug-likeness (QED) is 0.115. The number of carbonyl (C=O) groups is 2. The van der Waals surface area contributed by atoms with E-state index in [1.165, 1.54) is 0 Å². The highest BCUT2D eigenvalue weighted by Gasteiger charge is 2.52. The molecule has 2 saturated heterocycles. The Balaban J connectivity index is 1.78. The van der Waals surface area contributed by atoms with E-state index in [0.717, 1.165) is 0 Å². The maximum Gasteiger partial charge on any atom is 0.207 e. The molecule has 3 rings (SSSR count). The first-order valence-corrected chi connectivity index (χ1v) is 11.7. The van der Waals surface area contributed by atoms with Crippen LogP contribution in [0.15, 0.2) is 0 Å². The lowest BCUT2D eigenvalue weighted by molar-refractivity contribution is -0.333. The SMILES string of the molecule is NC1CC(NC=O)C(OC2OC(CNC=O)C(O)C(O)C2O)C(O)C1OC1OC(CO)C(O)C(N)C1O. The van der Waals surface area contributed by atoms with E-state index in [1.807, 2.05) is 0 Å². The molecule has 2 aliphatic heterocycles. The second-order valence-corrected chi connectivity index (χ2v) is 9.31. The first kappa shape index (κ1) is 30.0. The predicted molar refractivity (Wildman–Crippen MR) is 118 cm³/mol. The van der Waals surface area contributed by atoms with Crippen LogP contribution in [0.2, 0.25) is 0 Å². The van der Waals surface area contributed by atoms with Gasteiger partial charge < -0.3 is 76.8 Å². The highest BCUT2D eigenvalue weighted by molar-refractivity contribution is 5.47. The standard InChI is InChI=1S/C20H36N4O13/c21-6-1-7(24-5-27)18(37-20-15(32)14(31)12(29)8(34-20)2-23-4-26)16(33)17(6)36-19-13(30)10(22)11(28)9(3-25)35-19/h4-20,25,28-33H,1-3,21-22H2,(H,23,26)(H,24,27). The van der Waals surface area contributed by atoms with Gasteiger partial charge in [-0.15, -0.1) is 0 Å². The molecule has 1 aliphatic carbocycles. The molecule has 214 valence electrons. The van der Waals surface area contributed by atoms with Crippen LogP contribution < -0.4 is 22.1 Å². The second kappa shape index (κ2) is 13.0. The van der Waals surface area contributed by atoms with Crippen LogP contribution in [0.3, 0.4) is 0 Å². The largest absolute Gasteiger partial charge is 0.394 e. The molecule has 3 aliphatic rings. The van der Waals surface area contributed by atoms with Crippen molar-refractivity contribution in [1.29, 1.82) is 0 Å². The fraction of sp³-hybridized carbons (Fsp3) is 0.900. The lowest BCUT2D eigenvalue weighted by Crippen LogP contribution is -2.69. The van der Waals surface area contributed by atoms with Gasteiger partial charge in [-0.05, 0) is 6.42 Å². The molecule has 0 radical (unpaired) electrons. The molecule has 15 unspecified atom stereocenters. The summed E-state index contributed by atoms with van der Waals surface area (Å²) in [4.78, 5) is 21.8. The van der Waals surface area contributed by atoms with Crippen molar-refractivity contribution in [2.45, 2.75) is 98.2 Å². The van der Waals surface area contributed by atoms with Crippen LogP contribution >= 0.6 is 0 Å². The van der Waals surface area contributed by atoms with E-state index in [2.05, 4.69) is 10.6 Å². The maximum absolute atomic E-state index is 11.2. The van der Waals surface area contributed by atoms with Crippen LogP contribution in [0.4, 0.5) is 0 Å². The normalized spacial score (nSPS) is 48.7. The molecule has 15 atom stereocenters. The molecule has 0 aromatic heterocycles. The highest BCUT2D eigenvalue weighted by Crippen LogP contribution is 2.31. The van der Waals surface area contributed by atoms with E-state index in [0.29, 0.717) is 12.8 Å². The maximum atomic E-state index is 11.2. The summed E-state index contributed by atoms with van der Waals surface area (Å²) in [6.07, 6.45) is -17.2. The number of amides is 2. The minimum Gasteiger partial charge on any atom is -0.394 e. The molecule has 2 heterocycles. The molecular formula is C20H36N4O13. The summed E-state index contributed by atoms with van der Waals surface area (Å²) in [5, 5.41) is 76.5. The molecule has 0 spiro atoms. The van der Waals surface area contributed by atoms with Gasteiger partial charge in [0.15, 0.2) is 12.6 Å². The summed E-state index contributed by atoms with van der Waals surface area (Å²) >= 11 is 0. The molecule has 2 amide bonds. The zero-order chi connectivity index (χ0) is 27.4. The van der Waals surface area contributed by atoms with Crippen molar-refractivity contribution in [2.24, 2.45) is 11.5 Å². The molecule has 37 heavy (non-hydrogen) atoms. The molecule has 17 nitrogen and oxygen atoms in total. The summed E-state index contributed by atoms with van der Waals surface area (Å²) in [5.74, 6) is 0. The molecule has 0 aromatic rings. The molecule has 3 fully saturated rings. The molecular weight excluding hydrogens is 504 g/mol. The molecule has 17 heteroatoms. The van der Waals surface area contributed by atoms with Crippen LogP contribution in [-0.2, 0) is 28.5 Å². The van der Waals surface area contributed by atoms with Gasteiger partial charge in [-0.2, -0.15) is 0 Å². The molecule has 1 saturated carbocycles.